The number of aryl methyl sites for hydroxylation is 1. The Morgan fingerprint density at radius 1 is 1.07 bits per heavy atom. The molecule has 4 aromatic rings. The number of benzene rings is 2. The van der Waals surface area contributed by atoms with Crippen LogP contribution in [0.15, 0.2) is 64.3 Å². The Hall–Kier alpha value is -3.25. The summed E-state index contributed by atoms with van der Waals surface area (Å²) >= 11 is 0. The number of aromatic amines is 2. The Labute approximate surface area is 155 Å². The van der Waals surface area contributed by atoms with Gasteiger partial charge in [0.1, 0.15) is 5.39 Å². The Morgan fingerprint density at radius 2 is 1.89 bits per heavy atom. The number of nitrogens with one attached hydrogen (secondary N) is 2. The zero-order valence-corrected chi connectivity index (χ0v) is 15.0. The fourth-order valence-electron chi connectivity index (χ4n) is 3.44. The summed E-state index contributed by atoms with van der Waals surface area (Å²) in [5.74, 6) is 0. The highest BCUT2D eigenvalue weighted by molar-refractivity contribution is 5.94. The predicted molar refractivity (Wildman–Crippen MR) is 105 cm³/mol. The lowest BCUT2D eigenvalue weighted by molar-refractivity contribution is -0.349. The average Bonchev–Trinajstić information content (AvgIpc) is 2.69. The van der Waals surface area contributed by atoms with Gasteiger partial charge in [-0.1, -0.05) is 36.4 Å². The van der Waals surface area contributed by atoms with Crippen LogP contribution < -0.4 is 16.2 Å². The maximum atomic E-state index is 12.6. The van der Waals surface area contributed by atoms with E-state index in [0.717, 1.165) is 21.9 Å². The molecular formula is C21H20N3O3+. The molecule has 2 aromatic heterocycles. The minimum absolute atomic E-state index is 0.391. The molecular weight excluding hydrogens is 342 g/mol. The standard InChI is InChI=1S/C21H19N3O3/c1-27-12-4-11-24-19-18(20(25)23-21(24)26)17(9-10-22-19)16-8-7-14-5-2-3-6-15(14)13-16/h2-3,5-10,13H,4,11-12H2,1H3,(H,23,25,26)/p+1. The number of ether oxygens (including phenoxy) is 1. The highest BCUT2D eigenvalue weighted by Crippen LogP contribution is 2.27. The van der Waals surface area contributed by atoms with Gasteiger partial charge in [0.2, 0.25) is 0 Å². The highest BCUT2D eigenvalue weighted by Gasteiger charge is 2.19. The SMILES string of the molecule is COCCCn1c(=O)[nH]c(=O)c2c(-c3ccc4ccccc4c3)cc[nH+]c21. The van der Waals surface area contributed by atoms with Gasteiger partial charge in [-0.15, -0.1) is 0 Å². The third kappa shape index (κ3) is 3.15. The lowest BCUT2D eigenvalue weighted by Gasteiger charge is -2.07. The molecule has 27 heavy (non-hydrogen) atoms. The normalized spacial score (nSPS) is 11.3. The number of fused-ring (bicyclic) bond motifs is 2. The molecule has 136 valence electrons. The molecule has 0 spiro atoms. The average molecular weight is 362 g/mol. The first-order valence-corrected chi connectivity index (χ1v) is 8.84. The predicted octanol–water partition coefficient (Wildman–Crippen LogP) is 2.36. The Bertz CT molecular complexity index is 1240. The lowest BCUT2D eigenvalue weighted by atomic mass is 10.00. The van der Waals surface area contributed by atoms with Crippen LogP contribution in [0, 0.1) is 0 Å². The molecule has 2 N–H and O–H groups in total. The fraction of sp³-hybridized carbons (Fsp3) is 0.190. The second-order valence-electron chi connectivity index (χ2n) is 6.43. The van der Waals surface area contributed by atoms with Crippen LogP contribution in [0.25, 0.3) is 32.9 Å². The molecule has 0 atom stereocenters. The molecule has 4 rings (SSSR count). The third-order valence-corrected chi connectivity index (χ3v) is 4.73. The molecule has 0 fully saturated rings. The van der Waals surface area contributed by atoms with E-state index in [2.05, 4.69) is 22.1 Å². The van der Waals surface area contributed by atoms with E-state index in [-0.39, 0.29) is 0 Å². The molecule has 0 aliphatic rings. The maximum Gasteiger partial charge on any atom is 0.415 e. The van der Waals surface area contributed by atoms with Crippen LogP contribution in [0.1, 0.15) is 6.42 Å². The number of hydrogen-bond acceptors (Lipinski definition) is 3. The molecule has 2 aromatic carbocycles. The first-order chi connectivity index (χ1) is 13.2. The summed E-state index contributed by atoms with van der Waals surface area (Å²) in [7, 11) is 1.62. The van der Waals surface area contributed by atoms with Crippen molar-refractivity contribution in [3.8, 4) is 11.1 Å². The van der Waals surface area contributed by atoms with Gasteiger partial charge in [-0.05, 0) is 28.5 Å². The summed E-state index contributed by atoms with van der Waals surface area (Å²) in [6, 6.07) is 16.0. The Balaban J connectivity index is 1.94. The number of methoxy groups -OCH3 is 1. The third-order valence-electron chi connectivity index (χ3n) is 4.73. The number of aromatic nitrogens is 3. The molecule has 0 saturated carbocycles. The van der Waals surface area contributed by atoms with E-state index in [0.29, 0.717) is 30.6 Å². The maximum absolute atomic E-state index is 12.6. The zero-order chi connectivity index (χ0) is 18.8. The summed E-state index contributed by atoms with van der Waals surface area (Å²) in [5.41, 5.74) is 1.43. The number of hydrogen-bond donors (Lipinski definition) is 1. The molecule has 0 aliphatic heterocycles. The van der Waals surface area contributed by atoms with Crippen LogP contribution in [0.2, 0.25) is 0 Å². The summed E-state index contributed by atoms with van der Waals surface area (Å²) in [5, 5.41) is 2.71. The minimum atomic E-state index is -0.421. The summed E-state index contributed by atoms with van der Waals surface area (Å²) < 4.78 is 6.63. The van der Waals surface area contributed by atoms with E-state index >= 15 is 0 Å². The van der Waals surface area contributed by atoms with E-state index in [1.54, 1.807) is 17.9 Å². The molecule has 0 saturated heterocycles. The van der Waals surface area contributed by atoms with Crippen molar-refractivity contribution in [2.45, 2.75) is 13.0 Å². The minimum Gasteiger partial charge on any atom is -0.385 e. The molecule has 2 heterocycles. The van der Waals surface area contributed by atoms with Crippen molar-refractivity contribution >= 4 is 21.8 Å². The second kappa shape index (κ2) is 7.17. The molecule has 0 bridgehead atoms. The Kier molecular flexibility index (Phi) is 4.56. The second-order valence-corrected chi connectivity index (χ2v) is 6.43. The van der Waals surface area contributed by atoms with Gasteiger partial charge in [0.15, 0.2) is 0 Å². The van der Waals surface area contributed by atoms with E-state index in [4.69, 9.17) is 4.74 Å². The van der Waals surface area contributed by atoms with Gasteiger partial charge in [0.25, 0.3) is 11.2 Å². The van der Waals surface area contributed by atoms with E-state index in [1.165, 1.54) is 0 Å². The van der Waals surface area contributed by atoms with Crippen molar-refractivity contribution in [2.24, 2.45) is 0 Å². The monoisotopic (exact) mass is 362 g/mol. The Morgan fingerprint density at radius 3 is 2.70 bits per heavy atom. The van der Waals surface area contributed by atoms with Gasteiger partial charge >= 0.3 is 5.69 Å². The van der Waals surface area contributed by atoms with Crippen molar-refractivity contribution in [1.82, 2.24) is 9.55 Å². The topological polar surface area (TPSA) is 78.2 Å². The molecule has 0 radical (unpaired) electrons. The van der Waals surface area contributed by atoms with E-state index < -0.39 is 11.2 Å². The van der Waals surface area contributed by atoms with Crippen molar-refractivity contribution in [3.05, 3.63) is 75.6 Å². The lowest BCUT2D eigenvalue weighted by Crippen LogP contribution is -2.34. The highest BCUT2D eigenvalue weighted by atomic mass is 16.5. The van der Waals surface area contributed by atoms with Gasteiger partial charge in [-0.2, -0.15) is 4.57 Å². The van der Waals surface area contributed by atoms with Crippen LogP contribution in [0.4, 0.5) is 0 Å². The first kappa shape index (κ1) is 17.2. The largest absolute Gasteiger partial charge is 0.415 e. The molecule has 0 unspecified atom stereocenters. The van der Waals surface area contributed by atoms with Crippen molar-refractivity contribution < 1.29 is 9.72 Å². The molecule has 0 aliphatic carbocycles. The smallest absolute Gasteiger partial charge is 0.385 e. The summed E-state index contributed by atoms with van der Waals surface area (Å²) in [6.07, 6.45) is 2.43. The van der Waals surface area contributed by atoms with Crippen LogP contribution in [-0.2, 0) is 11.3 Å². The van der Waals surface area contributed by atoms with Gasteiger partial charge < -0.3 is 4.74 Å². The van der Waals surface area contributed by atoms with E-state index in [1.807, 2.05) is 36.4 Å². The van der Waals surface area contributed by atoms with Gasteiger partial charge in [0.05, 0.1) is 12.7 Å². The van der Waals surface area contributed by atoms with Crippen molar-refractivity contribution in [2.75, 3.05) is 13.7 Å². The number of pyridine rings is 1. The summed E-state index contributed by atoms with van der Waals surface area (Å²) in [4.78, 5) is 30.5. The van der Waals surface area contributed by atoms with Crippen molar-refractivity contribution in [3.63, 3.8) is 0 Å². The van der Waals surface area contributed by atoms with Gasteiger partial charge in [-0.3, -0.25) is 9.78 Å². The quantitative estimate of drug-likeness (QED) is 0.554. The molecule has 6 nitrogen and oxygen atoms in total. The van der Waals surface area contributed by atoms with Crippen molar-refractivity contribution in [1.29, 1.82) is 0 Å². The fourth-order valence-corrected chi connectivity index (χ4v) is 3.44. The first-order valence-electron chi connectivity index (χ1n) is 8.84. The van der Waals surface area contributed by atoms with Crippen LogP contribution >= 0.6 is 0 Å². The zero-order valence-electron chi connectivity index (χ0n) is 15.0. The number of H-pyrrole nitrogens is 2. The molecule has 0 amide bonds. The van der Waals surface area contributed by atoms with Gasteiger partial charge in [0, 0.05) is 25.7 Å². The molecule has 6 heteroatoms. The van der Waals surface area contributed by atoms with Crippen LogP contribution in [-0.4, -0.2) is 23.3 Å². The summed E-state index contributed by atoms with van der Waals surface area (Å²) in [6.45, 7) is 0.995. The van der Waals surface area contributed by atoms with E-state index in [9.17, 15) is 9.59 Å². The number of rotatable bonds is 5. The number of nitrogens with zero attached hydrogens (tertiary/aromatic N) is 1. The van der Waals surface area contributed by atoms with Crippen LogP contribution in [0.5, 0.6) is 0 Å². The van der Waals surface area contributed by atoms with Gasteiger partial charge in [-0.25, -0.2) is 9.78 Å². The van der Waals surface area contributed by atoms with Crippen LogP contribution in [0.3, 0.4) is 0 Å².